The Hall–Kier alpha value is -3.54. The van der Waals surface area contributed by atoms with Gasteiger partial charge in [0, 0.05) is 61.7 Å². The number of benzene rings is 1. The molecule has 11 nitrogen and oxygen atoms in total. The number of aromatic nitrogens is 5. The van der Waals surface area contributed by atoms with Crippen molar-refractivity contribution in [1.29, 1.82) is 0 Å². The number of nitrogens with two attached hydrogens (primary N) is 1. The van der Waals surface area contributed by atoms with Crippen LogP contribution >= 0.6 is 23.2 Å². The zero-order valence-electron chi connectivity index (χ0n) is 22.4. The minimum Gasteiger partial charge on any atom is -0.495 e. The van der Waals surface area contributed by atoms with Gasteiger partial charge in [0.05, 0.1) is 41.9 Å². The lowest BCUT2D eigenvalue weighted by Crippen LogP contribution is -2.39. The van der Waals surface area contributed by atoms with Crippen LogP contribution in [0, 0.1) is 0 Å². The maximum atomic E-state index is 13.5. The van der Waals surface area contributed by atoms with Crippen LogP contribution in [0.25, 0.3) is 22.2 Å². The van der Waals surface area contributed by atoms with Crippen molar-refractivity contribution in [1.82, 2.24) is 24.3 Å². The molecular formula is C27H30Cl2N8O3. The molecule has 1 aliphatic heterocycles. The fourth-order valence-electron chi connectivity index (χ4n) is 5.30. The second-order valence-corrected chi connectivity index (χ2v) is 11.0. The number of nitrogens with zero attached hydrogens (tertiary/aromatic N) is 6. The van der Waals surface area contributed by atoms with Crippen molar-refractivity contribution < 1.29 is 9.47 Å². The van der Waals surface area contributed by atoms with Gasteiger partial charge in [-0.05, 0) is 25.3 Å². The molecule has 40 heavy (non-hydrogen) atoms. The highest BCUT2D eigenvalue weighted by atomic mass is 35.5. The number of ether oxygens (including phenoxy) is 2. The number of anilines is 2. The smallest absolute Gasteiger partial charge is 0.259 e. The molecule has 2 atom stereocenters. The number of fused-ring (bicyclic) bond motifs is 1. The molecule has 6 rings (SSSR count). The Bertz CT molecular complexity index is 1620. The van der Waals surface area contributed by atoms with Crippen LogP contribution in [0.1, 0.15) is 25.3 Å². The first kappa shape index (κ1) is 26.7. The van der Waals surface area contributed by atoms with Crippen molar-refractivity contribution in [3.8, 4) is 22.6 Å². The molecule has 4 aromatic rings. The van der Waals surface area contributed by atoms with Crippen LogP contribution in [0.2, 0.25) is 10.0 Å². The van der Waals surface area contributed by atoms with Gasteiger partial charge < -0.3 is 25.4 Å². The monoisotopic (exact) mass is 584 g/mol. The third-order valence-electron chi connectivity index (χ3n) is 7.84. The summed E-state index contributed by atoms with van der Waals surface area (Å²) < 4.78 is 14.3. The van der Waals surface area contributed by atoms with Crippen LogP contribution < -0.4 is 31.0 Å². The summed E-state index contributed by atoms with van der Waals surface area (Å²) in [5.74, 6) is 1.99. The van der Waals surface area contributed by atoms with Gasteiger partial charge in [-0.1, -0.05) is 23.2 Å². The largest absolute Gasteiger partial charge is 0.495 e. The molecule has 0 spiro atoms. The Morgan fingerprint density at radius 3 is 2.48 bits per heavy atom. The Labute approximate surface area is 240 Å². The first-order valence-electron chi connectivity index (χ1n) is 13.1. The fraction of sp³-hybridized carbons (Fsp3) is 0.407. The number of halogens is 2. The van der Waals surface area contributed by atoms with Gasteiger partial charge in [-0.2, -0.15) is 10.1 Å². The second-order valence-electron chi connectivity index (χ2n) is 10.2. The molecule has 0 bridgehead atoms. The first-order chi connectivity index (χ1) is 19.3. The zero-order chi connectivity index (χ0) is 28.1. The average molecular weight is 585 g/mol. The van der Waals surface area contributed by atoms with Gasteiger partial charge in [0.1, 0.15) is 17.1 Å². The molecule has 210 valence electrons. The van der Waals surface area contributed by atoms with Crippen molar-refractivity contribution in [2.75, 3.05) is 37.5 Å². The topological polar surface area (TPSA) is 125 Å². The van der Waals surface area contributed by atoms with Gasteiger partial charge in [-0.3, -0.25) is 14.0 Å². The van der Waals surface area contributed by atoms with Crippen molar-refractivity contribution in [2.45, 2.75) is 37.4 Å². The molecule has 4 heterocycles. The van der Waals surface area contributed by atoms with Gasteiger partial charge in [0.25, 0.3) is 5.56 Å². The number of nitrogens with one attached hydrogen (secondary N) is 1. The van der Waals surface area contributed by atoms with Gasteiger partial charge in [0.15, 0.2) is 5.82 Å². The lowest BCUT2D eigenvalue weighted by Gasteiger charge is -2.25. The lowest BCUT2D eigenvalue weighted by molar-refractivity contribution is 0.289. The molecular weight excluding hydrogens is 555 g/mol. The summed E-state index contributed by atoms with van der Waals surface area (Å²) >= 11 is 13.2. The van der Waals surface area contributed by atoms with E-state index >= 15 is 0 Å². The van der Waals surface area contributed by atoms with E-state index in [9.17, 15) is 4.79 Å². The van der Waals surface area contributed by atoms with Crippen molar-refractivity contribution in [3.05, 3.63) is 51.0 Å². The van der Waals surface area contributed by atoms with E-state index in [1.165, 1.54) is 38.0 Å². The van der Waals surface area contributed by atoms with Crippen LogP contribution in [0.4, 0.5) is 11.8 Å². The van der Waals surface area contributed by atoms with E-state index in [1.54, 1.807) is 25.4 Å². The summed E-state index contributed by atoms with van der Waals surface area (Å²) in [5, 5.41) is 9.19. The molecule has 1 saturated carbocycles. The maximum absolute atomic E-state index is 13.5. The predicted molar refractivity (Wildman–Crippen MR) is 156 cm³/mol. The molecule has 3 aromatic heterocycles. The van der Waals surface area contributed by atoms with Crippen LogP contribution in [0.3, 0.4) is 0 Å². The second kappa shape index (κ2) is 10.5. The molecule has 13 heteroatoms. The van der Waals surface area contributed by atoms with Crippen molar-refractivity contribution >= 4 is 46.0 Å². The predicted octanol–water partition coefficient (Wildman–Crippen LogP) is 3.87. The quantitative estimate of drug-likeness (QED) is 0.333. The van der Waals surface area contributed by atoms with Gasteiger partial charge in [0.2, 0.25) is 5.95 Å². The third kappa shape index (κ3) is 4.51. The van der Waals surface area contributed by atoms with E-state index in [2.05, 4.69) is 31.1 Å². The molecule has 3 N–H and O–H groups in total. The number of hydrogen-bond donors (Lipinski definition) is 2. The summed E-state index contributed by atoms with van der Waals surface area (Å²) in [6.45, 7) is 1.33. The molecule has 0 amide bonds. The lowest BCUT2D eigenvalue weighted by atomic mass is 9.93. The van der Waals surface area contributed by atoms with Crippen molar-refractivity contribution in [2.24, 2.45) is 12.8 Å². The van der Waals surface area contributed by atoms with E-state index in [-0.39, 0.29) is 33.3 Å². The highest BCUT2D eigenvalue weighted by molar-refractivity contribution is 6.41. The van der Waals surface area contributed by atoms with Gasteiger partial charge in [-0.25, -0.2) is 4.98 Å². The minimum absolute atomic E-state index is 0.0931. The van der Waals surface area contributed by atoms with Gasteiger partial charge >= 0.3 is 0 Å². The average Bonchev–Trinajstić information content (AvgIpc) is 3.53. The summed E-state index contributed by atoms with van der Waals surface area (Å²) in [5.41, 5.74) is 7.21. The highest BCUT2D eigenvalue weighted by Crippen LogP contribution is 2.45. The number of methoxy groups -OCH3 is 2. The van der Waals surface area contributed by atoms with Crippen LogP contribution in [0.15, 0.2) is 35.4 Å². The Morgan fingerprint density at radius 2 is 1.82 bits per heavy atom. The summed E-state index contributed by atoms with van der Waals surface area (Å²) in [6, 6.07) is 5.57. The first-order valence-corrected chi connectivity index (χ1v) is 13.8. The van der Waals surface area contributed by atoms with E-state index < -0.39 is 0 Å². The molecule has 1 aromatic carbocycles. The molecule has 1 saturated heterocycles. The standard InChI is InChI=1S/C27H30Cl2N8O3/c1-35-25-14(9-16(26(35)38)22-23(28)19(39-2)10-20(40-3)24(22)29)11-31-27(33-25)32-18-13-36(12-17(18)30)21-7-8-37(34-21)15-5-4-6-15/h7-11,15,17-18H,4-6,12-13,30H2,1-3H3,(H,31,32,33). The Kier molecular flexibility index (Phi) is 6.97. The van der Waals surface area contributed by atoms with Crippen LogP contribution in [-0.4, -0.2) is 63.7 Å². The van der Waals surface area contributed by atoms with Gasteiger partial charge in [-0.15, -0.1) is 0 Å². The van der Waals surface area contributed by atoms with E-state index in [0.29, 0.717) is 53.2 Å². The Balaban J connectivity index is 1.28. The fourth-order valence-corrected chi connectivity index (χ4v) is 6.01. The number of rotatable bonds is 7. The van der Waals surface area contributed by atoms with E-state index in [4.69, 9.17) is 43.5 Å². The number of hydrogen-bond acceptors (Lipinski definition) is 9. The summed E-state index contributed by atoms with van der Waals surface area (Å²) in [7, 11) is 4.61. The van der Waals surface area contributed by atoms with E-state index in [1.807, 2.05) is 6.07 Å². The number of pyridine rings is 1. The molecule has 2 unspecified atom stereocenters. The molecule has 1 aliphatic carbocycles. The normalized spacial score (nSPS) is 19.2. The maximum Gasteiger partial charge on any atom is 0.259 e. The highest BCUT2D eigenvalue weighted by Gasteiger charge is 2.32. The summed E-state index contributed by atoms with van der Waals surface area (Å²) in [6.07, 6.45) is 7.33. The number of aryl methyl sites for hydroxylation is 1. The van der Waals surface area contributed by atoms with Crippen LogP contribution in [0.5, 0.6) is 11.5 Å². The minimum atomic E-state index is -0.331. The van der Waals surface area contributed by atoms with Crippen LogP contribution in [-0.2, 0) is 7.05 Å². The van der Waals surface area contributed by atoms with E-state index in [0.717, 1.165) is 5.82 Å². The summed E-state index contributed by atoms with van der Waals surface area (Å²) in [4.78, 5) is 24.9. The van der Waals surface area contributed by atoms with Crippen molar-refractivity contribution in [3.63, 3.8) is 0 Å². The Morgan fingerprint density at radius 1 is 1.10 bits per heavy atom. The molecule has 2 aliphatic rings. The molecule has 0 radical (unpaired) electrons. The SMILES string of the molecule is COc1cc(OC)c(Cl)c(-c2cc3cnc(NC4CN(c5ccn(C6CCC6)n5)CC4N)nc3n(C)c2=O)c1Cl. The zero-order valence-corrected chi connectivity index (χ0v) is 23.9. The third-order valence-corrected chi connectivity index (χ3v) is 8.59. The molecule has 2 fully saturated rings.